The van der Waals surface area contributed by atoms with Crippen LogP contribution in [-0.4, -0.2) is 25.0 Å². The van der Waals surface area contributed by atoms with Crippen LogP contribution in [0.5, 0.6) is 11.5 Å². The normalized spacial score (nSPS) is 11.1. The largest absolute Gasteiger partial charge is 0.497 e. The highest BCUT2D eigenvalue weighted by Gasteiger charge is 2.23. The molecule has 0 radical (unpaired) electrons. The quantitative estimate of drug-likeness (QED) is 0.181. The van der Waals surface area contributed by atoms with Crippen molar-refractivity contribution in [1.82, 2.24) is 4.57 Å². The fourth-order valence-corrected chi connectivity index (χ4v) is 4.89. The van der Waals surface area contributed by atoms with Crippen LogP contribution in [0.3, 0.4) is 0 Å². The van der Waals surface area contributed by atoms with E-state index in [1.165, 1.54) is 0 Å². The van der Waals surface area contributed by atoms with Crippen LogP contribution >= 0.6 is 15.9 Å². The number of benzene rings is 3. The molecule has 0 N–H and O–H groups in total. The van der Waals surface area contributed by atoms with Gasteiger partial charge in [0.05, 0.1) is 14.2 Å². The molecule has 0 saturated heterocycles. The Kier molecular flexibility index (Phi) is 7.40. The van der Waals surface area contributed by atoms with Gasteiger partial charge in [0.2, 0.25) is 5.88 Å². The van der Waals surface area contributed by atoms with Crippen molar-refractivity contribution in [2.24, 2.45) is 4.99 Å². The van der Waals surface area contributed by atoms with Gasteiger partial charge in [-0.05, 0) is 86.1 Å². The Bertz CT molecular complexity index is 1690. The molecule has 0 atom stereocenters. The van der Waals surface area contributed by atoms with E-state index in [-0.39, 0.29) is 5.88 Å². The number of aryl methyl sites for hydroxylation is 1. The molecule has 5 aromatic rings. The van der Waals surface area contributed by atoms with E-state index in [0.29, 0.717) is 16.9 Å². The summed E-state index contributed by atoms with van der Waals surface area (Å²) in [4.78, 5) is 4.69. The van der Waals surface area contributed by atoms with Gasteiger partial charge in [0, 0.05) is 44.5 Å². The minimum Gasteiger partial charge on any atom is -0.497 e. The van der Waals surface area contributed by atoms with Crippen LogP contribution in [0.2, 0.25) is 0 Å². The van der Waals surface area contributed by atoms with E-state index < -0.39 is 0 Å². The average molecular weight is 580 g/mol. The van der Waals surface area contributed by atoms with Gasteiger partial charge in [-0.15, -0.1) is 0 Å². The number of halogens is 1. The Morgan fingerprint density at radius 1 is 0.872 bits per heavy atom. The van der Waals surface area contributed by atoms with Crippen LogP contribution in [0.1, 0.15) is 22.5 Å². The SMILES string of the molecule is COc1ccc(-c2oc(N=Cc3cc(C)n(-c4ccc(Br)cc4)c3C)c(C#N)c2-c2ccc(OC)cc2)cc1. The maximum Gasteiger partial charge on any atom is 0.238 e. The molecule has 2 aromatic heterocycles. The monoisotopic (exact) mass is 579 g/mol. The Morgan fingerprint density at radius 3 is 2.03 bits per heavy atom. The van der Waals surface area contributed by atoms with Crippen LogP contribution in [0, 0.1) is 25.2 Å². The van der Waals surface area contributed by atoms with Gasteiger partial charge in [-0.2, -0.15) is 5.26 Å². The number of nitrogens with zero attached hydrogens (tertiary/aromatic N) is 3. The second-order valence-corrected chi connectivity index (χ2v) is 9.87. The number of hydrogen-bond acceptors (Lipinski definition) is 5. The molecular formula is C32H26BrN3O3. The Hall–Kier alpha value is -4.54. The van der Waals surface area contributed by atoms with Crippen molar-refractivity contribution in [2.45, 2.75) is 13.8 Å². The number of methoxy groups -OCH3 is 2. The number of furan rings is 1. The number of hydrogen-bond donors (Lipinski definition) is 0. The number of aromatic nitrogens is 1. The third-order valence-corrected chi connectivity index (χ3v) is 7.14. The van der Waals surface area contributed by atoms with Crippen LogP contribution in [0.25, 0.3) is 28.1 Å². The molecule has 0 saturated carbocycles. The van der Waals surface area contributed by atoms with Crippen LogP contribution < -0.4 is 9.47 Å². The topological polar surface area (TPSA) is 72.7 Å². The highest BCUT2D eigenvalue weighted by molar-refractivity contribution is 9.10. The summed E-state index contributed by atoms with van der Waals surface area (Å²) in [6.45, 7) is 4.11. The molecule has 0 bridgehead atoms. The van der Waals surface area contributed by atoms with Crippen molar-refractivity contribution in [3.8, 4) is 45.7 Å². The summed E-state index contributed by atoms with van der Waals surface area (Å²) in [7, 11) is 3.25. The van der Waals surface area contributed by atoms with Crippen molar-refractivity contribution in [3.05, 3.63) is 106 Å². The Labute approximate surface area is 235 Å². The van der Waals surface area contributed by atoms with Gasteiger partial charge in [0.25, 0.3) is 0 Å². The van der Waals surface area contributed by atoms with Gasteiger partial charge in [-0.3, -0.25) is 0 Å². The minimum atomic E-state index is 0.252. The molecule has 0 spiro atoms. The second kappa shape index (κ2) is 11.1. The second-order valence-electron chi connectivity index (χ2n) is 8.95. The summed E-state index contributed by atoms with van der Waals surface area (Å²) in [5.74, 6) is 2.27. The summed E-state index contributed by atoms with van der Waals surface area (Å²) in [5.41, 5.74) is 6.80. The Morgan fingerprint density at radius 2 is 1.46 bits per heavy atom. The third-order valence-electron chi connectivity index (χ3n) is 6.61. The zero-order chi connectivity index (χ0) is 27.5. The molecule has 2 heterocycles. The Balaban J connectivity index is 1.61. The lowest BCUT2D eigenvalue weighted by Gasteiger charge is -2.09. The van der Waals surface area contributed by atoms with Gasteiger partial charge in [-0.1, -0.05) is 28.1 Å². The van der Waals surface area contributed by atoms with Gasteiger partial charge in [0.1, 0.15) is 28.9 Å². The summed E-state index contributed by atoms with van der Waals surface area (Å²) in [6, 6.07) is 27.7. The van der Waals surface area contributed by atoms with Crippen molar-refractivity contribution >= 4 is 28.0 Å². The fourth-order valence-electron chi connectivity index (χ4n) is 4.63. The first kappa shape index (κ1) is 26.1. The first-order chi connectivity index (χ1) is 18.9. The van der Waals surface area contributed by atoms with Crippen molar-refractivity contribution in [2.75, 3.05) is 14.2 Å². The van der Waals surface area contributed by atoms with E-state index in [2.05, 4.69) is 63.6 Å². The molecule has 0 amide bonds. The molecule has 3 aromatic carbocycles. The average Bonchev–Trinajstić information content (AvgIpc) is 3.48. The van der Waals surface area contributed by atoms with E-state index in [9.17, 15) is 5.26 Å². The van der Waals surface area contributed by atoms with E-state index in [0.717, 1.165) is 49.7 Å². The van der Waals surface area contributed by atoms with Crippen LogP contribution in [0.15, 0.2) is 92.7 Å². The number of aliphatic imine (C=N–C) groups is 1. The molecule has 0 unspecified atom stereocenters. The number of nitriles is 1. The summed E-state index contributed by atoms with van der Waals surface area (Å²) in [6.07, 6.45) is 1.76. The molecule has 0 aliphatic heterocycles. The van der Waals surface area contributed by atoms with E-state index >= 15 is 0 Å². The lowest BCUT2D eigenvalue weighted by molar-refractivity contribution is 0.414. The van der Waals surface area contributed by atoms with Gasteiger partial charge < -0.3 is 18.5 Å². The lowest BCUT2D eigenvalue weighted by atomic mass is 9.98. The molecule has 194 valence electrons. The highest BCUT2D eigenvalue weighted by atomic mass is 79.9. The summed E-state index contributed by atoms with van der Waals surface area (Å²) in [5, 5.41) is 10.2. The molecule has 0 aliphatic carbocycles. The van der Waals surface area contributed by atoms with Gasteiger partial charge in [-0.25, -0.2) is 4.99 Å². The van der Waals surface area contributed by atoms with Crippen molar-refractivity contribution in [3.63, 3.8) is 0 Å². The van der Waals surface area contributed by atoms with E-state index in [1.807, 2.05) is 60.7 Å². The number of rotatable bonds is 7. The minimum absolute atomic E-state index is 0.252. The molecule has 39 heavy (non-hydrogen) atoms. The van der Waals surface area contributed by atoms with Crippen LogP contribution in [-0.2, 0) is 0 Å². The molecule has 6 nitrogen and oxygen atoms in total. The third kappa shape index (κ3) is 5.12. The molecular weight excluding hydrogens is 554 g/mol. The van der Waals surface area contributed by atoms with Gasteiger partial charge in [0.15, 0.2) is 0 Å². The smallest absolute Gasteiger partial charge is 0.238 e. The first-order valence-electron chi connectivity index (χ1n) is 12.3. The molecule has 0 aliphatic rings. The van der Waals surface area contributed by atoms with E-state index in [4.69, 9.17) is 13.9 Å². The van der Waals surface area contributed by atoms with Crippen molar-refractivity contribution < 1.29 is 13.9 Å². The highest BCUT2D eigenvalue weighted by Crippen LogP contribution is 2.43. The lowest BCUT2D eigenvalue weighted by Crippen LogP contribution is -1.99. The fraction of sp³-hybridized carbons (Fsp3) is 0.125. The zero-order valence-corrected chi connectivity index (χ0v) is 23.6. The molecule has 0 fully saturated rings. The molecule has 5 rings (SSSR count). The standard InChI is InChI=1S/C32H26BrN3O3/c1-20-17-24(21(2)36(20)26-11-9-25(33)10-12-26)19-35-32-29(18-34)30(22-5-13-27(37-3)14-6-22)31(39-32)23-7-15-28(38-4)16-8-23/h5-17,19H,1-4H3. The zero-order valence-electron chi connectivity index (χ0n) is 22.0. The maximum atomic E-state index is 10.2. The van der Waals surface area contributed by atoms with Crippen LogP contribution in [0.4, 0.5) is 5.88 Å². The summed E-state index contributed by atoms with van der Waals surface area (Å²) < 4.78 is 20.1. The number of ether oxygens (including phenoxy) is 2. The molecule has 7 heteroatoms. The predicted octanol–water partition coefficient (Wildman–Crippen LogP) is 8.42. The predicted molar refractivity (Wildman–Crippen MR) is 158 cm³/mol. The van der Waals surface area contributed by atoms with Gasteiger partial charge >= 0.3 is 0 Å². The summed E-state index contributed by atoms with van der Waals surface area (Å²) >= 11 is 3.50. The van der Waals surface area contributed by atoms with Crippen molar-refractivity contribution in [1.29, 1.82) is 5.26 Å². The maximum absolute atomic E-state index is 10.2. The first-order valence-corrected chi connectivity index (χ1v) is 13.1. The van der Waals surface area contributed by atoms with E-state index in [1.54, 1.807) is 20.4 Å².